The van der Waals surface area contributed by atoms with Gasteiger partial charge in [0.1, 0.15) is 0 Å². The van der Waals surface area contributed by atoms with Crippen LogP contribution in [-0.2, 0) is 9.53 Å². The highest BCUT2D eigenvalue weighted by Gasteiger charge is 2.31. The molecule has 0 bridgehead atoms. The van der Waals surface area contributed by atoms with E-state index in [9.17, 15) is 4.79 Å². The van der Waals surface area contributed by atoms with Gasteiger partial charge in [0, 0.05) is 38.7 Å². The third kappa shape index (κ3) is 4.17. The van der Waals surface area contributed by atoms with Crippen molar-refractivity contribution in [2.45, 2.75) is 57.2 Å². The number of rotatable bonds is 5. The minimum absolute atomic E-state index is 0.168. The number of hydrogen-bond acceptors (Lipinski definition) is 4. The maximum Gasteiger partial charge on any atom is 0.222 e. The SMILES string of the molecule is COC(C)CCC(=O)N1CCC(N2CCC(N)CC2)C1. The zero-order chi connectivity index (χ0) is 14.5. The number of nitrogens with two attached hydrogens (primary N) is 1. The van der Waals surface area contributed by atoms with Crippen LogP contribution >= 0.6 is 0 Å². The minimum Gasteiger partial charge on any atom is -0.382 e. The Balaban J connectivity index is 1.73. The fraction of sp³-hybridized carbons (Fsp3) is 0.933. The Labute approximate surface area is 122 Å². The van der Waals surface area contributed by atoms with E-state index < -0.39 is 0 Å². The molecule has 2 unspecified atom stereocenters. The van der Waals surface area contributed by atoms with Gasteiger partial charge in [-0.2, -0.15) is 0 Å². The molecule has 0 aliphatic carbocycles. The molecule has 2 fully saturated rings. The molecule has 5 nitrogen and oxygen atoms in total. The van der Waals surface area contributed by atoms with Crippen LogP contribution in [0.15, 0.2) is 0 Å². The molecular weight excluding hydrogens is 254 g/mol. The Kier molecular flexibility index (Phi) is 5.81. The lowest BCUT2D eigenvalue weighted by Gasteiger charge is -2.34. The molecule has 2 N–H and O–H groups in total. The van der Waals surface area contributed by atoms with Crippen molar-refractivity contribution in [2.24, 2.45) is 5.73 Å². The van der Waals surface area contributed by atoms with Crippen molar-refractivity contribution in [1.82, 2.24) is 9.80 Å². The lowest BCUT2D eigenvalue weighted by molar-refractivity contribution is -0.131. The molecule has 2 atom stereocenters. The molecule has 1 amide bonds. The number of carbonyl (C=O) groups excluding carboxylic acids is 1. The maximum atomic E-state index is 12.2. The number of piperidine rings is 1. The van der Waals surface area contributed by atoms with E-state index in [0.29, 0.717) is 18.5 Å². The summed E-state index contributed by atoms with van der Waals surface area (Å²) in [6.07, 6.45) is 4.88. The first kappa shape index (κ1) is 15.7. The van der Waals surface area contributed by atoms with Crippen LogP contribution in [0.5, 0.6) is 0 Å². The van der Waals surface area contributed by atoms with Crippen LogP contribution in [0.2, 0.25) is 0 Å². The smallest absolute Gasteiger partial charge is 0.222 e. The summed E-state index contributed by atoms with van der Waals surface area (Å²) in [7, 11) is 1.70. The number of amides is 1. The first-order valence-corrected chi connectivity index (χ1v) is 7.90. The molecule has 20 heavy (non-hydrogen) atoms. The summed E-state index contributed by atoms with van der Waals surface area (Å²) in [6, 6.07) is 0.923. The second-order valence-electron chi connectivity index (χ2n) is 6.24. The Hall–Kier alpha value is -0.650. The van der Waals surface area contributed by atoms with Gasteiger partial charge in [0.05, 0.1) is 6.10 Å². The van der Waals surface area contributed by atoms with Crippen molar-refractivity contribution in [3.63, 3.8) is 0 Å². The molecular formula is C15H29N3O2. The molecule has 0 aromatic heterocycles. The fourth-order valence-corrected chi connectivity index (χ4v) is 3.15. The molecule has 5 heteroatoms. The van der Waals surface area contributed by atoms with Crippen molar-refractivity contribution in [3.05, 3.63) is 0 Å². The fourth-order valence-electron chi connectivity index (χ4n) is 3.15. The van der Waals surface area contributed by atoms with Gasteiger partial charge in [-0.1, -0.05) is 0 Å². The van der Waals surface area contributed by atoms with Gasteiger partial charge < -0.3 is 15.4 Å². The third-order valence-corrected chi connectivity index (χ3v) is 4.77. The number of carbonyl (C=O) groups is 1. The van der Waals surface area contributed by atoms with E-state index in [-0.39, 0.29) is 12.0 Å². The predicted octanol–water partition coefficient (Wildman–Crippen LogP) is 0.826. The van der Waals surface area contributed by atoms with Crippen molar-refractivity contribution < 1.29 is 9.53 Å². The first-order chi connectivity index (χ1) is 9.60. The van der Waals surface area contributed by atoms with E-state index >= 15 is 0 Å². The van der Waals surface area contributed by atoms with Crippen molar-refractivity contribution >= 4 is 5.91 Å². The first-order valence-electron chi connectivity index (χ1n) is 7.90. The van der Waals surface area contributed by atoms with E-state index in [1.54, 1.807) is 7.11 Å². The lowest BCUT2D eigenvalue weighted by atomic mass is 10.0. The van der Waals surface area contributed by atoms with E-state index in [1.807, 2.05) is 11.8 Å². The normalized spacial score (nSPS) is 26.9. The summed E-state index contributed by atoms with van der Waals surface area (Å²) in [5.41, 5.74) is 5.95. The summed E-state index contributed by atoms with van der Waals surface area (Å²) < 4.78 is 5.20. The van der Waals surface area contributed by atoms with E-state index in [0.717, 1.165) is 51.9 Å². The number of ether oxygens (including phenoxy) is 1. The number of methoxy groups -OCH3 is 1. The number of likely N-dealkylation sites (tertiary alicyclic amines) is 2. The quantitative estimate of drug-likeness (QED) is 0.812. The molecule has 2 heterocycles. The van der Waals surface area contributed by atoms with Crippen LogP contribution in [0.3, 0.4) is 0 Å². The minimum atomic E-state index is 0.168. The highest BCUT2D eigenvalue weighted by Crippen LogP contribution is 2.20. The van der Waals surface area contributed by atoms with Gasteiger partial charge in [0.15, 0.2) is 0 Å². The second kappa shape index (κ2) is 7.38. The van der Waals surface area contributed by atoms with Gasteiger partial charge in [0.25, 0.3) is 0 Å². The lowest BCUT2D eigenvalue weighted by Crippen LogP contribution is -2.46. The standard InChI is InChI=1S/C15H29N3O2/c1-12(20-2)3-4-15(19)18-10-7-14(11-18)17-8-5-13(16)6-9-17/h12-14H,3-11,16H2,1-2H3. The van der Waals surface area contributed by atoms with Gasteiger partial charge in [-0.3, -0.25) is 9.69 Å². The average Bonchev–Trinajstić information content (AvgIpc) is 2.95. The maximum absolute atomic E-state index is 12.2. The highest BCUT2D eigenvalue weighted by atomic mass is 16.5. The average molecular weight is 283 g/mol. The summed E-state index contributed by atoms with van der Waals surface area (Å²) in [6.45, 7) is 6.00. The molecule has 0 radical (unpaired) electrons. The predicted molar refractivity (Wildman–Crippen MR) is 79.5 cm³/mol. The summed E-state index contributed by atoms with van der Waals surface area (Å²) in [5.74, 6) is 0.283. The van der Waals surface area contributed by atoms with Crippen LogP contribution in [0.4, 0.5) is 0 Å². The van der Waals surface area contributed by atoms with Gasteiger partial charge >= 0.3 is 0 Å². The molecule has 0 aromatic carbocycles. The van der Waals surface area contributed by atoms with Gasteiger partial charge in [-0.15, -0.1) is 0 Å². The van der Waals surface area contributed by atoms with Crippen molar-refractivity contribution in [1.29, 1.82) is 0 Å². The van der Waals surface area contributed by atoms with E-state index in [2.05, 4.69) is 4.90 Å². The molecule has 2 rings (SSSR count). The second-order valence-corrected chi connectivity index (χ2v) is 6.24. The Morgan fingerprint density at radius 1 is 1.30 bits per heavy atom. The summed E-state index contributed by atoms with van der Waals surface area (Å²) >= 11 is 0. The topological polar surface area (TPSA) is 58.8 Å². The Morgan fingerprint density at radius 3 is 2.65 bits per heavy atom. The summed E-state index contributed by atoms with van der Waals surface area (Å²) in [5, 5.41) is 0. The largest absolute Gasteiger partial charge is 0.382 e. The third-order valence-electron chi connectivity index (χ3n) is 4.77. The number of hydrogen-bond donors (Lipinski definition) is 1. The van der Waals surface area contributed by atoms with Crippen molar-refractivity contribution in [2.75, 3.05) is 33.3 Å². The molecule has 0 saturated carbocycles. The Morgan fingerprint density at radius 2 is 2.00 bits per heavy atom. The summed E-state index contributed by atoms with van der Waals surface area (Å²) in [4.78, 5) is 16.7. The van der Waals surface area contributed by atoms with Gasteiger partial charge in [-0.05, 0) is 45.7 Å². The Bertz CT molecular complexity index is 316. The highest BCUT2D eigenvalue weighted by molar-refractivity contribution is 5.76. The molecule has 2 saturated heterocycles. The van der Waals surface area contributed by atoms with E-state index in [4.69, 9.17) is 10.5 Å². The van der Waals surface area contributed by atoms with Crippen molar-refractivity contribution in [3.8, 4) is 0 Å². The molecule has 116 valence electrons. The van der Waals surface area contributed by atoms with Crippen LogP contribution < -0.4 is 5.73 Å². The van der Waals surface area contributed by atoms with Crippen LogP contribution in [0, 0.1) is 0 Å². The zero-order valence-corrected chi connectivity index (χ0v) is 12.9. The van der Waals surface area contributed by atoms with Gasteiger partial charge in [-0.25, -0.2) is 0 Å². The molecule has 2 aliphatic heterocycles. The zero-order valence-electron chi connectivity index (χ0n) is 12.9. The van der Waals surface area contributed by atoms with Gasteiger partial charge in [0.2, 0.25) is 5.91 Å². The number of nitrogens with zero attached hydrogens (tertiary/aromatic N) is 2. The monoisotopic (exact) mass is 283 g/mol. The molecule has 2 aliphatic rings. The van der Waals surface area contributed by atoms with E-state index in [1.165, 1.54) is 0 Å². The van der Waals surface area contributed by atoms with Crippen LogP contribution in [-0.4, -0.2) is 67.2 Å². The van der Waals surface area contributed by atoms with Crippen LogP contribution in [0.25, 0.3) is 0 Å². The molecule has 0 aromatic rings. The molecule has 0 spiro atoms. The van der Waals surface area contributed by atoms with Crippen LogP contribution in [0.1, 0.15) is 39.0 Å².